The molecule has 1 aromatic carbocycles. The van der Waals surface area contributed by atoms with Gasteiger partial charge in [-0.15, -0.1) is 0 Å². The van der Waals surface area contributed by atoms with Crippen molar-refractivity contribution in [3.05, 3.63) is 22.7 Å². The van der Waals surface area contributed by atoms with Crippen LogP contribution in [0, 0.1) is 6.92 Å². The maximum atomic E-state index is 11.9. The zero-order valence-electron chi connectivity index (χ0n) is 10.3. The first-order valence-electron chi connectivity index (χ1n) is 5.51. The van der Waals surface area contributed by atoms with Gasteiger partial charge in [0, 0.05) is 17.3 Å². The normalized spacial score (nSPS) is 13.6. The van der Waals surface area contributed by atoms with E-state index in [0.29, 0.717) is 22.7 Å². The first kappa shape index (κ1) is 15.2. The van der Waals surface area contributed by atoms with Gasteiger partial charge in [0.1, 0.15) is 0 Å². The number of hydrogen-bond acceptors (Lipinski definition) is 4. The third-order valence-electron chi connectivity index (χ3n) is 2.65. The van der Waals surface area contributed by atoms with Crippen LogP contribution < -0.4 is 10.5 Å². The Morgan fingerprint density at radius 3 is 2.61 bits per heavy atom. The number of rotatable bonds is 5. The summed E-state index contributed by atoms with van der Waals surface area (Å²) in [6.45, 7) is 3.44. The Bertz CT molecular complexity index is 508. The molecule has 1 rings (SSSR count). The molecule has 0 amide bonds. The summed E-state index contributed by atoms with van der Waals surface area (Å²) >= 11 is 5.89. The van der Waals surface area contributed by atoms with E-state index in [1.54, 1.807) is 13.8 Å². The van der Waals surface area contributed by atoms with Gasteiger partial charge in [-0.05, 0) is 31.0 Å². The smallest absolute Gasteiger partial charge is 0.240 e. The summed E-state index contributed by atoms with van der Waals surface area (Å²) in [5, 5.41) is 9.64. The average Bonchev–Trinajstić information content (AvgIpc) is 2.32. The van der Waals surface area contributed by atoms with E-state index in [4.69, 9.17) is 17.3 Å². The zero-order chi connectivity index (χ0) is 13.9. The second kappa shape index (κ2) is 5.88. The SMILES string of the molecule is CCC(O)CNS(=O)(=O)c1cc(N)c(C)c(Cl)c1. The number of sulfonamides is 1. The van der Waals surface area contributed by atoms with Crippen molar-refractivity contribution < 1.29 is 13.5 Å². The summed E-state index contributed by atoms with van der Waals surface area (Å²) in [7, 11) is -3.70. The van der Waals surface area contributed by atoms with Gasteiger partial charge in [-0.25, -0.2) is 13.1 Å². The van der Waals surface area contributed by atoms with E-state index >= 15 is 0 Å². The molecule has 0 aliphatic carbocycles. The summed E-state index contributed by atoms with van der Waals surface area (Å²) < 4.78 is 26.2. The third-order valence-corrected chi connectivity index (χ3v) is 4.44. The van der Waals surface area contributed by atoms with Crippen molar-refractivity contribution >= 4 is 27.3 Å². The van der Waals surface area contributed by atoms with E-state index in [1.807, 2.05) is 0 Å². The lowest BCUT2D eigenvalue weighted by molar-refractivity contribution is 0.174. The Hall–Kier alpha value is -0.820. The first-order chi connectivity index (χ1) is 8.27. The number of nitrogens with two attached hydrogens (primary N) is 1. The summed E-state index contributed by atoms with van der Waals surface area (Å²) in [6, 6.07) is 2.69. The second-order valence-electron chi connectivity index (χ2n) is 4.03. The standard InChI is InChI=1S/C11H17ClN2O3S/c1-3-8(15)6-14-18(16,17)9-4-10(12)7(2)11(13)5-9/h4-5,8,14-15H,3,6,13H2,1-2H3. The molecule has 0 aliphatic rings. The fourth-order valence-corrected chi connectivity index (χ4v) is 2.69. The molecule has 1 atom stereocenters. The van der Waals surface area contributed by atoms with Gasteiger partial charge < -0.3 is 10.8 Å². The van der Waals surface area contributed by atoms with Crippen molar-refractivity contribution in [1.29, 1.82) is 0 Å². The third kappa shape index (κ3) is 3.58. The highest BCUT2D eigenvalue weighted by molar-refractivity contribution is 7.89. The topological polar surface area (TPSA) is 92.4 Å². The van der Waals surface area contributed by atoms with Crippen LogP contribution in [0.4, 0.5) is 5.69 Å². The fraction of sp³-hybridized carbons (Fsp3) is 0.455. The van der Waals surface area contributed by atoms with E-state index in [-0.39, 0.29) is 11.4 Å². The number of nitrogens with one attached hydrogen (secondary N) is 1. The highest BCUT2D eigenvalue weighted by Crippen LogP contribution is 2.25. The molecule has 0 bridgehead atoms. The van der Waals surface area contributed by atoms with Gasteiger partial charge in [0.2, 0.25) is 10.0 Å². The number of anilines is 1. The fourth-order valence-electron chi connectivity index (χ4n) is 1.26. The summed E-state index contributed by atoms with van der Waals surface area (Å²) in [5.41, 5.74) is 6.64. The quantitative estimate of drug-likeness (QED) is 0.713. The second-order valence-corrected chi connectivity index (χ2v) is 6.21. The summed E-state index contributed by atoms with van der Waals surface area (Å²) in [4.78, 5) is -0.00102. The van der Waals surface area contributed by atoms with Gasteiger partial charge >= 0.3 is 0 Å². The number of hydrogen-bond donors (Lipinski definition) is 3. The largest absolute Gasteiger partial charge is 0.398 e. The lowest BCUT2D eigenvalue weighted by atomic mass is 10.2. The van der Waals surface area contributed by atoms with Crippen LogP contribution in [0.3, 0.4) is 0 Å². The minimum atomic E-state index is -3.70. The highest BCUT2D eigenvalue weighted by atomic mass is 35.5. The molecule has 0 fully saturated rings. The molecule has 7 heteroatoms. The molecule has 1 aromatic rings. The van der Waals surface area contributed by atoms with Crippen LogP contribution >= 0.6 is 11.6 Å². The molecule has 0 saturated heterocycles. The molecule has 5 nitrogen and oxygen atoms in total. The number of aliphatic hydroxyl groups is 1. The van der Waals surface area contributed by atoms with Crippen LogP contribution in [0.15, 0.2) is 17.0 Å². The first-order valence-corrected chi connectivity index (χ1v) is 7.37. The number of benzene rings is 1. The van der Waals surface area contributed by atoms with E-state index in [0.717, 1.165) is 0 Å². The average molecular weight is 293 g/mol. The van der Waals surface area contributed by atoms with Crippen molar-refractivity contribution in [2.24, 2.45) is 0 Å². The molecular formula is C11H17ClN2O3S. The van der Waals surface area contributed by atoms with Crippen molar-refractivity contribution in [2.45, 2.75) is 31.3 Å². The number of halogens is 1. The van der Waals surface area contributed by atoms with Crippen LogP contribution in [0.5, 0.6) is 0 Å². The van der Waals surface area contributed by atoms with Gasteiger partial charge in [0.15, 0.2) is 0 Å². The molecule has 0 aliphatic heterocycles. The maximum absolute atomic E-state index is 11.9. The Balaban J connectivity index is 2.99. The van der Waals surface area contributed by atoms with Crippen molar-refractivity contribution in [1.82, 2.24) is 4.72 Å². The minimum Gasteiger partial charge on any atom is -0.398 e. The molecule has 0 spiro atoms. The summed E-state index contributed by atoms with van der Waals surface area (Å²) in [6.07, 6.45) is -0.239. The number of nitrogen functional groups attached to an aromatic ring is 1. The molecule has 0 heterocycles. The minimum absolute atomic E-state index is 0.00102. The van der Waals surface area contributed by atoms with Crippen LogP contribution in [0.1, 0.15) is 18.9 Å². The van der Waals surface area contributed by atoms with Crippen LogP contribution in [0.25, 0.3) is 0 Å². The number of aliphatic hydroxyl groups excluding tert-OH is 1. The van der Waals surface area contributed by atoms with E-state index in [9.17, 15) is 13.5 Å². The predicted molar refractivity (Wildman–Crippen MR) is 72.1 cm³/mol. The Labute approximate surface area is 112 Å². The zero-order valence-corrected chi connectivity index (χ0v) is 11.8. The molecule has 0 saturated carbocycles. The van der Waals surface area contributed by atoms with Crippen molar-refractivity contribution in [3.8, 4) is 0 Å². The summed E-state index contributed by atoms with van der Waals surface area (Å²) in [5.74, 6) is 0. The molecule has 0 radical (unpaired) electrons. The van der Waals surface area contributed by atoms with Crippen LogP contribution in [0.2, 0.25) is 5.02 Å². The van der Waals surface area contributed by atoms with Crippen molar-refractivity contribution in [3.63, 3.8) is 0 Å². The van der Waals surface area contributed by atoms with E-state index < -0.39 is 16.1 Å². The van der Waals surface area contributed by atoms with Crippen LogP contribution in [-0.4, -0.2) is 26.2 Å². The Kier molecular flexibility index (Phi) is 4.98. The molecule has 18 heavy (non-hydrogen) atoms. The highest BCUT2D eigenvalue weighted by Gasteiger charge is 2.17. The van der Waals surface area contributed by atoms with E-state index in [1.165, 1.54) is 12.1 Å². The van der Waals surface area contributed by atoms with Gasteiger partial charge in [-0.3, -0.25) is 0 Å². The van der Waals surface area contributed by atoms with E-state index in [2.05, 4.69) is 4.72 Å². The van der Waals surface area contributed by atoms with Gasteiger partial charge in [0.05, 0.1) is 11.0 Å². The lowest BCUT2D eigenvalue weighted by Crippen LogP contribution is -2.31. The Morgan fingerprint density at radius 1 is 1.50 bits per heavy atom. The molecule has 1 unspecified atom stereocenters. The maximum Gasteiger partial charge on any atom is 0.240 e. The lowest BCUT2D eigenvalue weighted by Gasteiger charge is -2.12. The predicted octanol–water partition coefficient (Wildman–Crippen LogP) is 1.28. The van der Waals surface area contributed by atoms with Crippen LogP contribution in [-0.2, 0) is 10.0 Å². The molecule has 102 valence electrons. The molecular weight excluding hydrogens is 276 g/mol. The van der Waals surface area contributed by atoms with Gasteiger partial charge in [0.25, 0.3) is 0 Å². The molecule has 0 aromatic heterocycles. The van der Waals surface area contributed by atoms with Crippen molar-refractivity contribution in [2.75, 3.05) is 12.3 Å². The molecule has 4 N–H and O–H groups in total. The van der Waals surface area contributed by atoms with Gasteiger partial charge in [-0.1, -0.05) is 18.5 Å². The van der Waals surface area contributed by atoms with Gasteiger partial charge in [-0.2, -0.15) is 0 Å². The monoisotopic (exact) mass is 292 g/mol. The Morgan fingerprint density at radius 2 is 2.11 bits per heavy atom.